The lowest BCUT2D eigenvalue weighted by atomic mass is 9.77. The molecule has 2 rings (SSSR count). The molecule has 2 fully saturated rings. The lowest BCUT2D eigenvalue weighted by molar-refractivity contribution is -0.145. The molecular weight excluding hydrogens is 252 g/mol. The maximum absolute atomic E-state index is 12.4. The van der Waals surface area contributed by atoms with Crippen LogP contribution in [-0.4, -0.2) is 49.2 Å². The van der Waals surface area contributed by atoms with E-state index in [-0.39, 0.29) is 11.5 Å². The van der Waals surface area contributed by atoms with Gasteiger partial charge in [-0.05, 0) is 51.5 Å². The molecule has 0 radical (unpaired) electrons. The van der Waals surface area contributed by atoms with Crippen LogP contribution in [0.1, 0.15) is 58.3 Å². The minimum absolute atomic E-state index is 0.147. The minimum Gasteiger partial charge on any atom is -0.378 e. The van der Waals surface area contributed by atoms with Gasteiger partial charge in [-0.1, -0.05) is 6.92 Å². The van der Waals surface area contributed by atoms with Crippen molar-refractivity contribution < 1.29 is 9.53 Å². The zero-order valence-electron chi connectivity index (χ0n) is 13.3. The number of carbonyl (C=O) groups is 1. The lowest BCUT2D eigenvalue weighted by Gasteiger charge is -2.42. The minimum atomic E-state index is -0.147. The van der Waals surface area contributed by atoms with E-state index in [1.54, 1.807) is 7.11 Å². The zero-order valence-corrected chi connectivity index (χ0v) is 13.3. The lowest BCUT2D eigenvalue weighted by Crippen LogP contribution is -2.48. The van der Waals surface area contributed by atoms with Gasteiger partial charge in [-0.25, -0.2) is 0 Å². The summed E-state index contributed by atoms with van der Waals surface area (Å²) in [7, 11) is 3.72. The number of carbonyl (C=O) groups excluding carboxylic acids is 1. The number of amides is 1. The van der Waals surface area contributed by atoms with E-state index in [2.05, 4.69) is 12.2 Å². The van der Waals surface area contributed by atoms with Gasteiger partial charge >= 0.3 is 0 Å². The van der Waals surface area contributed by atoms with E-state index in [4.69, 9.17) is 4.74 Å². The summed E-state index contributed by atoms with van der Waals surface area (Å²) in [5.74, 6) is 0.262. The van der Waals surface area contributed by atoms with Crippen LogP contribution in [0.4, 0.5) is 0 Å². The second-order valence-corrected chi connectivity index (χ2v) is 6.49. The molecule has 0 saturated heterocycles. The van der Waals surface area contributed by atoms with Gasteiger partial charge in [0.25, 0.3) is 0 Å². The molecule has 1 N–H and O–H groups in total. The first-order valence-corrected chi connectivity index (χ1v) is 8.14. The van der Waals surface area contributed by atoms with Crippen molar-refractivity contribution in [3.05, 3.63) is 0 Å². The highest BCUT2D eigenvalue weighted by Gasteiger charge is 2.40. The summed E-state index contributed by atoms with van der Waals surface area (Å²) in [6.45, 7) is 3.20. The molecule has 4 nitrogen and oxygen atoms in total. The Morgan fingerprint density at radius 1 is 1.30 bits per heavy atom. The van der Waals surface area contributed by atoms with E-state index in [1.165, 1.54) is 19.3 Å². The molecule has 0 unspecified atom stereocenters. The molecule has 116 valence electrons. The fourth-order valence-electron chi connectivity index (χ4n) is 3.58. The molecule has 0 spiro atoms. The average Bonchev–Trinajstić information content (AvgIpc) is 2.43. The highest BCUT2D eigenvalue weighted by Crippen LogP contribution is 2.38. The first kappa shape index (κ1) is 15.8. The molecule has 20 heavy (non-hydrogen) atoms. The summed E-state index contributed by atoms with van der Waals surface area (Å²) < 4.78 is 5.57. The molecule has 0 aromatic rings. The van der Waals surface area contributed by atoms with E-state index in [1.807, 2.05) is 11.9 Å². The summed E-state index contributed by atoms with van der Waals surface area (Å²) in [6.07, 6.45) is 8.45. The van der Waals surface area contributed by atoms with Crippen LogP contribution in [0, 0.1) is 0 Å². The van der Waals surface area contributed by atoms with Crippen molar-refractivity contribution in [2.75, 3.05) is 20.7 Å². The zero-order chi connectivity index (χ0) is 14.6. The number of hydrogen-bond donors (Lipinski definition) is 1. The molecule has 0 heterocycles. The normalized spacial score (nSPS) is 28.8. The molecule has 2 aliphatic rings. The standard InChI is InChI=1S/C16H30N2O2/c1-4-17-13-6-8-14(9-7-13)18(2)15(19)12-16(20-3)10-5-11-16/h13-14,17H,4-12H2,1-3H3. The number of ether oxygens (including phenoxy) is 1. The van der Waals surface area contributed by atoms with E-state index in [9.17, 15) is 4.79 Å². The molecule has 4 heteroatoms. The molecule has 2 saturated carbocycles. The summed E-state index contributed by atoms with van der Waals surface area (Å²) in [5, 5.41) is 3.52. The van der Waals surface area contributed by atoms with Crippen molar-refractivity contribution >= 4 is 5.91 Å². The van der Waals surface area contributed by atoms with Crippen LogP contribution in [0.15, 0.2) is 0 Å². The van der Waals surface area contributed by atoms with Gasteiger partial charge in [0.1, 0.15) is 0 Å². The maximum Gasteiger partial charge on any atom is 0.225 e. The van der Waals surface area contributed by atoms with E-state index >= 15 is 0 Å². The highest BCUT2D eigenvalue weighted by molar-refractivity contribution is 5.77. The Hall–Kier alpha value is -0.610. The Morgan fingerprint density at radius 2 is 1.95 bits per heavy atom. The predicted octanol–water partition coefficient (Wildman–Crippen LogP) is 2.32. The molecule has 0 bridgehead atoms. The molecule has 2 aliphatic carbocycles. The maximum atomic E-state index is 12.4. The number of nitrogens with zero attached hydrogens (tertiary/aromatic N) is 1. The fourth-order valence-corrected chi connectivity index (χ4v) is 3.58. The van der Waals surface area contributed by atoms with Gasteiger partial charge in [0.15, 0.2) is 0 Å². The van der Waals surface area contributed by atoms with Gasteiger partial charge in [0, 0.05) is 26.2 Å². The van der Waals surface area contributed by atoms with Crippen LogP contribution in [0.25, 0.3) is 0 Å². The van der Waals surface area contributed by atoms with E-state index in [0.29, 0.717) is 18.5 Å². The molecule has 0 atom stereocenters. The van der Waals surface area contributed by atoms with E-state index < -0.39 is 0 Å². The van der Waals surface area contributed by atoms with Crippen LogP contribution in [0.2, 0.25) is 0 Å². The van der Waals surface area contributed by atoms with E-state index in [0.717, 1.165) is 32.2 Å². The Morgan fingerprint density at radius 3 is 2.40 bits per heavy atom. The SMILES string of the molecule is CCNC1CCC(N(C)C(=O)CC2(OC)CCC2)CC1. The Kier molecular flexibility index (Phi) is 5.44. The third-order valence-corrected chi connectivity index (χ3v) is 5.30. The smallest absolute Gasteiger partial charge is 0.225 e. The van der Waals surface area contributed by atoms with Crippen LogP contribution in [0.3, 0.4) is 0 Å². The van der Waals surface area contributed by atoms with Gasteiger partial charge in [0.05, 0.1) is 12.0 Å². The topological polar surface area (TPSA) is 41.6 Å². The molecule has 1 amide bonds. The summed E-state index contributed by atoms with van der Waals surface area (Å²) in [4.78, 5) is 14.4. The van der Waals surface area contributed by atoms with Crippen molar-refractivity contribution in [2.45, 2.75) is 76.0 Å². The van der Waals surface area contributed by atoms with Crippen LogP contribution >= 0.6 is 0 Å². The molecule has 0 aromatic carbocycles. The highest BCUT2D eigenvalue weighted by atomic mass is 16.5. The fraction of sp³-hybridized carbons (Fsp3) is 0.938. The van der Waals surface area contributed by atoms with Crippen LogP contribution in [0.5, 0.6) is 0 Å². The van der Waals surface area contributed by atoms with Gasteiger partial charge in [0.2, 0.25) is 5.91 Å². The van der Waals surface area contributed by atoms with Gasteiger partial charge in [-0.3, -0.25) is 4.79 Å². The quantitative estimate of drug-likeness (QED) is 0.813. The number of methoxy groups -OCH3 is 1. The average molecular weight is 282 g/mol. The number of nitrogens with one attached hydrogen (secondary N) is 1. The number of hydrogen-bond acceptors (Lipinski definition) is 3. The van der Waals surface area contributed by atoms with Crippen LogP contribution < -0.4 is 5.32 Å². The van der Waals surface area contributed by atoms with Crippen LogP contribution in [-0.2, 0) is 9.53 Å². The first-order valence-electron chi connectivity index (χ1n) is 8.14. The van der Waals surface area contributed by atoms with Crippen molar-refractivity contribution in [1.29, 1.82) is 0 Å². The Labute approximate surface area is 123 Å². The van der Waals surface area contributed by atoms with Gasteiger partial charge in [-0.15, -0.1) is 0 Å². The van der Waals surface area contributed by atoms with Crippen molar-refractivity contribution in [3.63, 3.8) is 0 Å². The molecule has 0 aromatic heterocycles. The predicted molar refractivity (Wildman–Crippen MR) is 80.7 cm³/mol. The third kappa shape index (κ3) is 3.53. The Bertz CT molecular complexity index is 315. The molecular formula is C16H30N2O2. The summed E-state index contributed by atoms with van der Waals surface area (Å²) >= 11 is 0. The summed E-state index contributed by atoms with van der Waals surface area (Å²) in [6, 6.07) is 1.07. The largest absolute Gasteiger partial charge is 0.378 e. The van der Waals surface area contributed by atoms with Crippen molar-refractivity contribution in [3.8, 4) is 0 Å². The first-order chi connectivity index (χ1) is 9.60. The monoisotopic (exact) mass is 282 g/mol. The van der Waals surface area contributed by atoms with Gasteiger partial charge in [-0.2, -0.15) is 0 Å². The van der Waals surface area contributed by atoms with Crippen molar-refractivity contribution in [1.82, 2.24) is 10.2 Å². The van der Waals surface area contributed by atoms with Crippen molar-refractivity contribution in [2.24, 2.45) is 0 Å². The second kappa shape index (κ2) is 6.90. The van der Waals surface area contributed by atoms with Gasteiger partial charge < -0.3 is 15.0 Å². The second-order valence-electron chi connectivity index (χ2n) is 6.49. The number of rotatable bonds is 6. The third-order valence-electron chi connectivity index (χ3n) is 5.30. The summed E-state index contributed by atoms with van der Waals surface area (Å²) in [5.41, 5.74) is -0.147. The molecule has 0 aliphatic heterocycles. The Balaban J connectivity index is 1.79.